The molecule has 0 heterocycles. The average Bonchev–Trinajstić information content (AvgIpc) is 2.23. The van der Waals surface area contributed by atoms with Crippen LogP contribution in [0.3, 0.4) is 0 Å². The van der Waals surface area contributed by atoms with Gasteiger partial charge in [-0.25, -0.2) is 4.79 Å². The van der Waals surface area contributed by atoms with E-state index in [-0.39, 0.29) is 25.0 Å². The lowest BCUT2D eigenvalue weighted by atomic mass is 10.2. The predicted octanol–water partition coefficient (Wildman–Crippen LogP) is 2.07. The van der Waals surface area contributed by atoms with E-state index >= 15 is 0 Å². The van der Waals surface area contributed by atoms with Crippen molar-refractivity contribution in [3.63, 3.8) is 0 Å². The van der Waals surface area contributed by atoms with Crippen molar-refractivity contribution in [3.8, 4) is 0 Å². The van der Waals surface area contributed by atoms with Crippen molar-refractivity contribution in [3.05, 3.63) is 0 Å². The Labute approximate surface area is 103 Å². The number of hydrogen-bond acceptors (Lipinski definition) is 2. The van der Waals surface area contributed by atoms with E-state index in [1.165, 1.54) is 0 Å². The third kappa shape index (κ3) is 7.60. The van der Waals surface area contributed by atoms with E-state index < -0.39 is 5.97 Å². The number of hydrogen-bond donors (Lipinski definition) is 2. The Morgan fingerprint density at radius 2 is 1.94 bits per heavy atom. The molecule has 0 aliphatic heterocycles. The van der Waals surface area contributed by atoms with Crippen LogP contribution in [0.25, 0.3) is 0 Å². The predicted molar refractivity (Wildman–Crippen MR) is 67.0 cm³/mol. The summed E-state index contributed by atoms with van der Waals surface area (Å²) in [6.45, 7) is 6.95. The van der Waals surface area contributed by atoms with Crippen molar-refractivity contribution in [1.82, 2.24) is 10.2 Å². The molecular weight excluding hydrogens is 220 g/mol. The fourth-order valence-corrected chi connectivity index (χ4v) is 1.50. The first-order valence-corrected chi connectivity index (χ1v) is 6.25. The maximum absolute atomic E-state index is 11.8. The van der Waals surface area contributed by atoms with E-state index in [0.717, 1.165) is 25.8 Å². The number of urea groups is 1. The molecule has 0 saturated carbocycles. The summed E-state index contributed by atoms with van der Waals surface area (Å²) in [4.78, 5) is 23.9. The van der Waals surface area contributed by atoms with Crippen LogP contribution in [0.5, 0.6) is 0 Å². The largest absolute Gasteiger partial charge is 0.481 e. The monoisotopic (exact) mass is 244 g/mol. The van der Waals surface area contributed by atoms with Crippen LogP contribution in [-0.2, 0) is 4.79 Å². The highest BCUT2D eigenvalue weighted by molar-refractivity contribution is 5.75. The van der Waals surface area contributed by atoms with Gasteiger partial charge in [0.15, 0.2) is 0 Å². The molecule has 0 fully saturated rings. The SMILES string of the molecule is CCCCCN(C(=O)NCCC(=O)O)C(C)C. The Bertz CT molecular complexity index is 242. The normalized spacial score (nSPS) is 10.4. The van der Waals surface area contributed by atoms with E-state index in [1.807, 2.05) is 13.8 Å². The fraction of sp³-hybridized carbons (Fsp3) is 0.833. The number of carboxylic acids is 1. The summed E-state index contributed by atoms with van der Waals surface area (Å²) in [6.07, 6.45) is 3.17. The highest BCUT2D eigenvalue weighted by atomic mass is 16.4. The number of carbonyl (C=O) groups is 2. The molecule has 0 aliphatic rings. The zero-order valence-corrected chi connectivity index (χ0v) is 11.0. The standard InChI is InChI=1S/C12H24N2O3/c1-4-5-6-9-14(10(2)3)12(17)13-8-7-11(15)16/h10H,4-9H2,1-3H3,(H,13,17)(H,15,16). The van der Waals surface area contributed by atoms with Crippen LogP contribution in [0.15, 0.2) is 0 Å². The van der Waals surface area contributed by atoms with E-state index in [1.54, 1.807) is 4.90 Å². The number of carbonyl (C=O) groups excluding carboxylic acids is 1. The molecule has 5 nitrogen and oxygen atoms in total. The van der Waals surface area contributed by atoms with Crippen molar-refractivity contribution < 1.29 is 14.7 Å². The lowest BCUT2D eigenvalue weighted by Gasteiger charge is -2.26. The average molecular weight is 244 g/mol. The van der Waals surface area contributed by atoms with Crippen molar-refractivity contribution >= 4 is 12.0 Å². The summed E-state index contributed by atoms with van der Waals surface area (Å²) in [7, 11) is 0. The molecule has 2 amide bonds. The van der Waals surface area contributed by atoms with E-state index in [4.69, 9.17) is 5.11 Å². The van der Waals surface area contributed by atoms with Gasteiger partial charge in [-0.3, -0.25) is 4.79 Å². The van der Waals surface area contributed by atoms with Gasteiger partial charge in [-0.05, 0) is 20.3 Å². The molecule has 17 heavy (non-hydrogen) atoms. The van der Waals surface area contributed by atoms with Crippen LogP contribution in [0.1, 0.15) is 46.5 Å². The molecule has 2 N–H and O–H groups in total. The Balaban J connectivity index is 4.01. The Hall–Kier alpha value is -1.26. The number of amides is 2. The van der Waals surface area contributed by atoms with Crippen molar-refractivity contribution in [2.75, 3.05) is 13.1 Å². The summed E-state index contributed by atoms with van der Waals surface area (Å²) in [5.41, 5.74) is 0. The highest BCUT2D eigenvalue weighted by Crippen LogP contribution is 2.03. The summed E-state index contributed by atoms with van der Waals surface area (Å²) in [5.74, 6) is -0.896. The van der Waals surface area contributed by atoms with Gasteiger partial charge in [-0.1, -0.05) is 19.8 Å². The van der Waals surface area contributed by atoms with Gasteiger partial charge in [0.05, 0.1) is 6.42 Å². The van der Waals surface area contributed by atoms with Crippen LogP contribution >= 0.6 is 0 Å². The molecule has 0 aliphatic carbocycles. The van der Waals surface area contributed by atoms with E-state index in [9.17, 15) is 9.59 Å². The number of carboxylic acid groups (broad SMARTS) is 1. The topological polar surface area (TPSA) is 69.6 Å². The summed E-state index contributed by atoms with van der Waals surface area (Å²) >= 11 is 0. The zero-order valence-electron chi connectivity index (χ0n) is 11.0. The van der Waals surface area contributed by atoms with E-state index in [2.05, 4.69) is 12.2 Å². The quantitative estimate of drug-likeness (QED) is 0.642. The van der Waals surface area contributed by atoms with Gasteiger partial charge >= 0.3 is 12.0 Å². The van der Waals surface area contributed by atoms with Gasteiger partial charge in [0, 0.05) is 19.1 Å². The Morgan fingerprint density at radius 3 is 2.41 bits per heavy atom. The Kier molecular flexibility index (Phi) is 8.19. The van der Waals surface area contributed by atoms with Crippen molar-refractivity contribution in [2.24, 2.45) is 0 Å². The van der Waals surface area contributed by atoms with Gasteiger partial charge in [0.1, 0.15) is 0 Å². The smallest absolute Gasteiger partial charge is 0.317 e. The second kappa shape index (κ2) is 8.84. The number of rotatable bonds is 8. The minimum absolute atomic E-state index is 0.0351. The molecule has 0 unspecified atom stereocenters. The van der Waals surface area contributed by atoms with Gasteiger partial charge in [-0.15, -0.1) is 0 Å². The first-order chi connectivity index (χ1) is 7.99. The molecule has 0 bridgehead atoms. The Morgan fingerprint density at radius 1 is 1.29 bits per heavy atom. The molecule has 0 spiro atoms. The molecule has 0 atom stereocenters. The first-order valence-electron chi connectivity index (χ1n) is 6.25. The molecule has 100 valence electrons. The molecular formula is C12H24N2O3. The van der Waals surface area contributed by atoms with Crippen LogP contribution in [0, 0.1) is 0 Å². The first kappa shape index (κ1) is 15.7. The number of nitrogens with one attached hydrogen (secondary N) is 1. The minimum Gasteiger partial charge on any atom is -0.481 e. The zero-order chi connectivity index (χ0) is 13.3. The van der Waals surface area contributed by atoms with E-state index in [0.29, 0.717) is 0 Å². The number of aliphatic carboxylic acids is 1. The van der Waals surface area contributed by atoms with Gasteiger partial charge in [0.25, 0.3) is 0 Å². The lowest BCUT2D eigenvalue weighted by Crippen LogP contribution is -2.45. The molecule has 0 aromatic carbocycles. The van der Waals surface area contributed by atoms with Crippen molar-refractivity contribution in [1.29, 1.82) is 0 Å². The summed E-state index contributed by atoms with van der Waals surface area (Å²) in [5, 5.41) is 11.1. The molecule has 0 aromatic heterocycles. The molecule has 0 radical (unpaired) electrons. The third-order valence-corrected chi connectivity index (χ3v) is 2.50. The van der Waals surface area contributed by atoms with Crippen LogP contribution in [-0.4, -0.2) is 41.1 Å². The number of nitrogens with zero attached hydrogens (tertiary/aromatic N) is 1. The molecule has 0 saturated heterocycles. The second-order valence-corrected chi connectivity index (χ2v) is 4.37. The molecule has 0 rings (SSSR count). The van der Waals surface area contributed by atoms with Crippen LogP contribution < -0.4 is 5.32 Å². The van der Waals surface area contributed by atoms with Gasteiger partial charge < -0.3 is 15.3 Å². The number of unbranched alkanes of at least 4 members (excludes halogenated alkanes) is 2. The molecule has 0 aromatic rings. The lowest BCUT2D eigenvalue weighted by molar-refractivity contribution is -0.136. The third-order valence-electron chi connectivity index (χ3n) is 2.50. The van der Waals surface area contributed by atoms with Gasteiger partial charge in [-0.2, -0.15) is 0 Å². The minimum atomic E-state index is -0.896. The van der Waals surface area contributed by atoms with Crippen LogP contribution in [0.4, 0.5) is 4.79 Å². The van der Waals surface area contributed by atoms with Gasteiger partial charge in [0.2, 0.25) is 0 Å². The molecule has 5 heteroatoms. The summed E-state index contributed by atoms with van der Waals surface area (Å²) < 4.78 is 0. The fourth-order valence-electron chi connectivity index (χ4n) is 1.50. The maximum Gasteiger partial charge on any atom is 0.317 e. The van der Waals surface area contributed by atoms with Crippen molar-refractivity contribution in [2.45, 2.75) is 52.5 Å². The summed E-state index contributed by atoms with van der Waals surface area (Å²) in [6, 6.07) is -0.0333. The highest BCUT2D eigenvalue weighted by Gasteiger charge is 2.15. The maximum atomic E-state index is 11.8. The van der Waals surface area contributed by atoms with Crippen LogP contribution in [0.2, 0.25) is 0 Å². The second-order valence-electron chi connectivity index (χ2n) is 4.37.